The number of aliphatic carboxylic acids is 1. The van der Waals surface area contributed by atoms with Crippen molar-refractivity contribution >= 4 is 18.0 Å². The molecule has 6 bridgehead atoms. The number of rotatable bonds is 2. The van der Waals surface area contributed by atoms with Crippen LogP contribution >= 0.6 is 0 Å². The number of amides is 2. The van der Waals surface area contributed by atoms with E-state index < -0.39 is 41.5 Å². The van der Waals surface area contributed by atoms with Gasteiger partial charge in [0.1, 0.15) is 23.5 Å². The summed E-state index contributed by atoms with van der Waals surface area (Å²) in [7, 11) is 0. The summed E-state index contributed by atoms with van der Waals surface area (Å²) in [6.45, 7) is 5.85. The molecular weight excluding hydrogens is 534 g/mol. The number of hydrogen-bond donors (Lipinski definition) is 2. The molecule has 3 atom stereocenters. The van der Waals surface area contributed by atoms with Crippen LogP contribution in [0.2, 0.25) is 0 Å². The summed E-state index contributed by atoms with van der Waals surface area (Å²) in [5.41, 5.74) is 3.77. The Morgan fingerprint density at radius 3 is 2.36 bits per heavy atom. The number of ether oxygens (including phenoxy) is 1. The summed E-state index contributed by atoms with van der Waals surface area (Å²) < 4.78 is 5.40. The maximum absolute atomic E-state index is 13.9. The minimum absolute atomic E-state index is 0.0987. The van der Waals surface area contributed by atoms with Crippen molar-refractivity contribution in [1.82, 2.24) is 25.2 Å². The molecule has 1 aromatic heterocycles. The van der Waals surface area contributed by atoms with Gasteiger partial charge in [-0.3, -0.25) is 4.79 Å². The number of cyclic esters (lactones) is 1. The van der Waals surface area contributed by atoms with Crippen LogP contribution < -0.4 is 5.32 Å². The minimum atomic E-state index is -1.11. The highest BCUT2D eigenvalue weighted by Crippen LogP contribution is 2.35. The molecule has 0 spiro atoms. The quantitative estimate of drug-likeness (QED) is 0.437. The molecule has 3 aromatic rings. The maximum atomic E-state index is 13.9. The van der Waals surface area contributed by atoms with Crippen LogP contribution in [0.25, 0.3) is 22.5 Å². The fourth-order valence-electron chi connectivity index (χ4n) is 5.73. The van der Waals surface area contributed by atoms with E-state index >= 15 is 0 Å². The third-order valence-electron chi connectivity index (χ3n) is 8.02. The maximum Gasteiger partial charge on any atom is 0.407 e. The van der Waals surface area contributed by atoms with E-state index in [1.807, 2.05) is 63.2 Å². The van der Waals surface area contributed by atoms with Crippen molar-refractivity contribution in [1.29, 1.82) is 0 Å². The number of fused-ring (bicyclic) bond motifs is 8. The fraction of sp³-hybridized carbons (Fsp3) is 0.469. The molecule has 5 rings (SSSR count). The van der Waals surface area contributed by atoms with Gasteiger partial charge < -0.3 is 20.1 Å². The third-order valence-corrected chi connectivity index (χ3v) is 8.02. The van der Waals surface area contributed by atoms with E-state index in [2.05, 4.69) is 17.4 Å². The van der Waals surface area contributed by atoms with Gasteiger partial charge in [0.25, 0.3) is 0 Å². The van der Waals surface area contributed by atoms with E-state index in [1.54, 1.807) is 4.80 Å². The van der Waals surface area contributed by atoms with E-state index in [4.69, 9.17) is 14.9 Å². The topological polar surface area (TPSA) is 127 Å². The molecule has 2 amide bonds. The second kappa shape index (κ2) is 12.3. The van der Waals surface area contributed by atoms with Crippen molar-refractivity contribution in [3.05, 3.63) is 60.2 Å². The standard InChI is InChI=1S/C32H39N5O5/c1-32(2,3)28-29(38)36-20-24(19-25(36)30(39)40)37-34-26(22-14-8-6-9-15-22)27(35-37)23-16-11-13-21(18-23)12-7-4-5-10-17-42-31(41)33-28/h6,8-9,11,13-16,18,24-25,28H,4-5,7,10,12,17,19-20H2,1-3H3,(H,33,41)(H,39,40)/t24-,25+,28-/m1/s1. The van der Waals surface area contributed by atoms with Crippen LogP contribution in [0, 0.1) is 5.41 Å². The number of aromatic nitrogens is 3. The number of nitrogens with zero attached hydrogens (tertiary/aromatic N) is 4. The Morgan fingerprint density at radius 1 is 0.952 bits per heavy atom. The Balaban J connectivity index is 1.57. The number of carboxylic acids is 1. The first-order valence-electron chi connectivity index (χ1n) is 14.7. The zero-order valence-corrected chi connectivity index (χ0v) is 24.5. The number of benzene rings is 2. The van der Waals surface area contributed by atoms with Gasteiger partial charge in [-0.05, 0) is 36.3 Å². The molecule has 1 fully saturated rings. The predicted octanol–water partition coefficient (Wildman–Crippen LogP) is 5.10. The molecule has 2 aliphatic rings. The molecule has 42 heavy (non-hydrogen) atoms. The summed E-state index contributed by atoms with van der Waals surface area (Å²) in [5.74, 6) is -1.57. The van der Waals surface area contributed by atoms with Gasteiger partial charge in [-0.1, -0.05) is 82.1 Å². The first-order chi connectivity index (χ1) is 20.1. The average Bonchev–Trinajstić information content (AvgIpc) is 3.60. The number of carbonyl (C=O) groups is 3. The monoisotopic (exact) mass is 573 g/mol. The van der Waals surface area contributed by atoms with E-state index in [-0.39, 0.29) is 19.6 Å². The Morgan fingerprint density at radius 2 is 1.64 bits per heavy atom. The van der Waals surface area contributed by atoms with E-state index in [1.165, 1.54) is 10.5 Å². The third kappa shape index (κ3) is 6.48. The SMILES string of the molecule is CC(C)(C)[C@@H]1NC(=O)OCCCCCCc2cccc(c2)-c2nn(nc2-c2ccccc2)[C@@H]2C[C@@H](C(=O)O)N(C2)C1=O. The lowest BCUT2D eigenvalue weighted by Crippen LogP contribution is -2.56. The smallest absolute Gasteiger partial charge is 0.407 e. The van der Waals surface area contributed by atoms with Crippen molar-refractivity contribution < 1.29 is 24.2 Å². The number of carbonyl (C=O) groups excluding carboxylic acids is 2. The van der Waals surface area contributed by atoms with Gasteiger partial charge in [-0.15, -0.1) is 0 Å². The van der Waals surface area contributed by atoms with Crippen molar-refractivity contribution in [3.8, 4) is 22.5 Å². The van der Waals surface area contributed by atoms with Crippen LogP contribution in [0.3, 0.4) is 0 Å². The highest BCUT2D eigenvalue weighted by molar-refractivity contribution is 5.90. The Bertz CT molecular complexity index is 1430. The lowest BCUT2D eigenvalue weighted by atomic mass is 9.85. The van der Waals surface area contributed by atoms with Crippen LogP contribution in [0.5, 0.6) is 0 Å². The van der Waals surface area contributed by atoms with Crippen molar-refractivity contribution in [3.63, 3.8) is 0 Å². The molecule has 1 saturated heterocycles. The van der Waals surface area contributed by atoms with Crippen LogP contribution in [0.1, 0.15) is 64.5 Å². The molecule has 0 aliphatic carbocycles. The molecule has 3 heterocycles. The molecule has 2 aromatic carbocycles. The number of aryl methyl sites for hydroxylation is 1. The molecule has 0 radical (unpaired) electrons. The Labute approximate surface area is 246 Å². The second-order valence-electron chi connectivity index (χ2n) is 12.3. The van der Waals surface area contributed by atoms with Crippen LogP contribution in [0.15, 0.2) is 54.6 Å². The van der Waals surface area contributed by atoms with Crippen molar-refractivity contribution in [2.45, 2.75) is 77.4 Å². The minimum Gasteiger partial charge on any atom is -0.480 e. The van der Waals surface area contributed by atoms with E-state index in [0.717, 1.165) is 43.2 Å². The van der Waals surface area contributed by atoms with Crippen LogP contribution in [0.4, 0.5) is 4.79 Å². The average molecular weight is 574 g/mol. The van der Waals surface area contributed by atoms with Gasteiger partial charge in [0.05, 0.1) is 12.6 Å². The molecule has 10 nitrogen and oxygen atoms in total. The van der Waals surface area contributed by atoms with Gasteiger partial charge in [-0.2, -0.15) is 15.0 Å². The molecule has 0 saturated carbocycles. The van der Waals surface area contributed by atoms with Crippen LogP contribution in [-0.2, 0) is 20.7 Å². The van der Waals surface area contributed by atoms with Gasteiger partial charge in [0.15, 0.2) is 0 Å². The lowest BCUT2D eigenvalue weighted by molar-refractivity contribution is -0.150. The number of carboxylic acid groups (broad SMARTS) is 1. The summed E-state index contributed by atoms with van der Waals surface area (Å²) in [6.07, 6.45) is 4.02. The Hall–Kier alpha value is -4.21. The zero-order chi connectivity index (χ0) is 29.9. The summed E-state index contributed by atoms with van der Waals surface area (Å²) in [6, 6.07) is 15.6. The molecule has 10 heteroatoms. The zero-order valence-electron chi connectivity index (χ0n) is 24.5. The predicted molar refractivity (Wildman–Crippen MR) is 158 cm³/mol. The molecule has 222 valence electrons. The summed E-state index contributed by atoms with van der Waals surface area (Å²) in [5, 5.41) is 22.6. The highest BCUT2D eigenvalue weighted by atomic mass is 16.5. The number of alkyl carbamates (subject to hydrolysis) is 1. The van der Waals surface area contributed by atoms with E-state index in [9.17, 15) is 19.5 Å². The second-order valence-corrected chi connectivity index (χ2v) is 12.3. The molecular formula is C32H39N5O5. The molecule has 0 unspecified atom stereocenters. The van der Waals surface area contributed by atoms with Gasteiger partial charge in [0.2, 0.25) is 5.91 Å². The lowest BCUT2D eigenvalue weighted by Gasteiger charge is -2.34. The van der Waals surface area contributed by atoms with Crippen LogP contribution in [-0.4, -0.2) is 68.2 Å². The first kappa shape index (κ1) is 29.3. The largest absolute Gasteiger partial charge is 0.480 e. The van der Waals surface area contributed by atoms with Crippen molar-refractivity contribution in [2.24, 2.45) is 5.41 Å². The molecule has 2 N–H and O–H groups in total. The summed E-state index contributed by atoms with van der Waals surface area (Å²) in [4.78, 5) is 41.9. The van der Waals surface area contributed by atoms with Gasteiger partial charge in [0, 0.05) is 24.1 Å². The number of nitrogens with one attached hydrogen (secondary N) is 1. The fourth-order valence-corrected chi connectivity index (χ4v) is 5.73. The van der Waals surface area contributed by atoms with Gasteiger partial charge >= 0.3 is 12.1 Å². The van der Waals surface area contributed by atoms with Crippen molar-refractivity contribution in [2.75, 3.05) is 13.2 Å². The summed E-state index contributed by atoms with van der Waals surface area (Å²) >= 11 is 0. The highest BCUT2D eigenvalue weighted by Gasteiger charge is 2.46. The first-order valence-corrected chi connectivity index (χ1v) is 14.7. The van der Waals surface area contributed by atoms with E-state index in [0.29, 0.717) is 11.4 Å². The normalized spacial score (nSPS) is 22.3. The molecule has 2 aliphatic heterocycles. The Kier molecular flexibility index (Phi) is 8.61. The number of hydrogen-bond acceptors (Lipinski definition) is 6. The van der Waals surface area contributed by atoms with Gasteiger partial charge in [-0.25, -0.2) is 9.59 Å².